The van der Waals surface area contributed by atoms with Crippen molar-refractivity contribution in [2.45, 2.75) is 38.9 Å². The second-order valence-electron chi connectivity index (χ2n) is 6.91. The highest BCUT2D eigenvalue weighted by atomic mass is 35.5. The van der Waals surface area contributed by atoms with Gasteiger partial charge in [0.15, 0.2) is 0 Å². The molecule has 25 heavy (non-hydrogen) atoms. The fraction of sp³-hybridized carbons (Fsp3) is 0.600. The lowest BCUT2D eigenvalue weighted by atomic mass is 9.79. The summed E-state index contributed by atoms with van der Waals surface area (Å²) < 4.78 is 42.0. The van der Waals surface area contributed by atoms with Crippen LogP contribution in [0.3, 0.4) is 0 Å². The van der Waals surface area contributed by atoms with Crippen molar-refractivity contribution in [1.29, 1.82) is 0 Å². The Balaban J connectivity index is 2.16. The van der Waals surface area contributed by atoms with Crippen LogP contribution in [0.4, 0.5) is 0 Å². The first-order valence-electron chi connectivity index (χ1n) is 7.74. The molecule has 6 nitrogen and oxygen atoms in total. The zero-order valence-electron chi connectivity index (χ0n) is 14.9. The Morgan fingerprint density at radius 1 is 1.12 bits per heavy atom. The van der Waals surface area contributed by atoms with Gasteiger partial charge in [0.2, 0.25) is 10.0 Å². The van der Waals surface area contributed by atoms with Crippen LogP contribution < -0.4 is 14.9 Å². The van der Waals surface area contributed by atoms with E-state index in [2.05, 4.69) is 4.72 Å². The third-order valence-electron chi connectivity index (χ3n) is 4.28. The van der Waals surface area contributed by atoms with Crippen LogP contribution in [-0.4, -0.2) is 46.1 Å². The highest BCUT2D eigenvalue weighted by molar-refractivity contribution is 7.88. The lowest BCUT2D eigenvalue weighted by molar-refractivity contribution is 0.00578. The van der Waals surface area contributed by atoms with Crippen LogP contribution in [0.1, 0.15) is 27.7 Å². The van der Waals surface area contributed by atoms with Crippen LogP contribution in [0.25, 0.3) is 0 Å². The van der Waals surface area contributed by atoms with Crippen molar-refractivity contribution in [2.24, 2.45) is 0 Å². The normalized spacial score (nSPS) is 19.2. The molecule has 1 aliphatic heterocycles. The minimum Gasteiger partial charge on any atom is -0.491 e. The van der Waals surface area contributed by atoms with Gasteiger partial charge in [0.05, 0.1) is 22.5 Å². The molecular formula is C15H22BCl2NO5S. The molecule has 2 rings (SSSR count). The van der Waals surface area contributed by atoms with E-state index in [9.17, 15) is 8.42 Å². The van der Waals surface area contributed by atoms with Crippen LogP contribution in [0.15, 0.2) is 12.1 Å². The Labute approximate surface area is 159 Å². The molecule has 1 N–H and O–H groups in total. The van der Waals surface area contributed by atoms with Gasteiger partial charge in [-0.2, -0.15) is 0 Å². The minimum absolute atomic E-state index is 0.122. The zero-order chi connectivity index (χ0) is 19.0. The van der Waals surface area contributed by atoms with Gasteiger partial charge in [0, 0.05) is 17.0 Å². The highest BCUT2D eigenvalue weighted by Crippen LogP contribution is 2.38. The molecule has 140 valence electrons. The van der Waals surface area contributed by atoms with Gasteiger partial charge in [-0.1, -0.05) is 23.2 Å². The van der Waals surface area contributed by atoms with Crippen LogP contribution in [-0.2, 0) is 19.3 Å². The van der Waals surface area contributed by atoms with Crippen LogP contribution in [0, 0.1) is 0 Å². The molecule has 1 aliphatic rings. The van der Waals surface area contributed by atoms with E-state index in [1.54, 1.807) is 12.1 Å². The van der Waals surface area contributed by atoms with Crippen molar-refractivity contribution in [3.63, 3.8) is 0 Å². The van der Waals surface area contributed by atoms with Gasteiger partial charge in [0.1, 0.15) is 12.4 Å². The number of rotatable bonds is 6. The topological polar surface area (TPSA) is 73.9 Å². The SMILES string of the molecule is CC1(C)OB(c2cc(OCCNS(C)(=O)=O)c(Cl)cc2Cl)OC1(C)C. The predicted octanol–water partition coefficient (Wildman–Crippen LogP) is 2.22. The molecule has 0 radical (unpaired) electrons. The average Bonchev–Trinajstić information content (AvgIpc) is 2.64. The molecule has 1 saturated heterocycles. The number of halogens is 2. The van der Waals surface area contributed by atoms with Gasteiger partial charge in [-0.15, -0.1) is 0 Å². The van der Waals surface area contributed by atoms with E-state index in [1.165, 1.54) is 0 Å². The maximum absolute atomic E-state index is 11.1. The van der Waals surface area contributed by atoms with Crippen molar-refractivity contribution in [3.05, 3.63) is 22.2 Å². The van der Waals surface area contributed by atoms with E-state index in [-0.39, 0.29) is 13.2 Å². The average molecular weight is 410 g/mol. The molecule has 0 spiro atoms. The van der Waals surface area contributed by atoms with Crippen molar-refractivity contribution in [2.75, 3.05) is 19.4 Å². The van der Waals surface area contributed by atoms with Crippen molar-refractivity contribution in [1.82, 2.24) is 4.72 Å². The summed E-state index contributed by atoms with van der Waals surface area (Å²) in [7, 11) is -3.91. The minimum atomic E-state index is -3.27. The van der Waals surface area contributed by atoms with Crippen molar-refractivity contribution < 1.29 is 22.5 Å². The van der Waals surface area contributed by atoms with E-state index < -0.39 is 28.3 Å². The second kappa shape index (κ2) is 7.25. The Kier molecular flexibility index (Phi) is 6.03. The summed E-state index contributed by atoms with van der Waals surface area (Å²) in [6.45, 7) is 8.05. The van der Waals surface area contributed by atoms with E-state index >= 15 is 0 Å². The summed E-state index contributed by atoms with van der Waals surface area (Å²) in [6, 6.07) is 3.22. The number of benzene rings is 1. The molecule has 10 heteroatoms. The fourth-order valence-corrected chi connectivity index (χ4v) is 3.18. The monoisotopic (exact) mass is 409 g/mol. The lowest BCUT2D eigenvalue weighted by Gasteiger charge is -2.32. The standard InChI is InChI=1S/C15H22BCl2NO5S/c1-14(2)15(3,4)24-16(23-14)10-8-13(12(18)9-11(10)17)22-7-6-19-25(5,20)21/h8-9,19H,6-7H2,1-5H3. The van der Waals surface area contributed by atoms with Gasteiger partial charge < -0.3 is 14.0 Å². The van der Waals surface area contributed by atoms with Gasteiger partial charge in [-0.3, -0.25) is 0 Å². The molecule has 0 aliphatic carbocycles. The first-order valence-corrected chi connectivity index (χ1v) is 10.4. The summed E-state index contributed by atoms with van der Waals surface area (Å²) in [5.74, 6) is 0.381. The molecule has 0 amide bonds. The quantitative estimate of drug-likeness (QED) is 0.575. The molecular weight excluding hydrogens is 388 g/mol. The van der Waals surface area contributed by atoms with Gasteiger partial charge in [-0.25, -0.2) is 13.1 Å². The summed E-state index contributed by atoms with van der Waals surface area (Å²) in [6.07, 6.45) is 1.08. The van der Waals surface area contributed by atoms with Crippen LogP contribution in [0.5, 0.6) is 5.75 Å². The number of hydrogen-bond acceptors (Lipinski definition) is 5. The molecule has 1 aromatic carbocycles. The van der Waals surface area contributed by atoms with Crippen LogP contribution in [0.2, 0.25) is 10.0 Å². The van der Waals surface area contributed by atoms with E-state index in [1.807, 2.05) is 27.7 Å². The predicted molar refractivity (Wildman–Crippen MR) is 101 cm³/mol. The van der Waals surface area contributed by atoms with E-state index in [0.29, 0.717) is 21.3 Å². The third kappa shape index (κ3) is 5.02. The van der Waals surface area contributed by atoms with Gasteiger partial charge in [0.25, 0.3) is 0 Å². The maximum atomic E-state index is 11.1. The van der Waals surface area contributed by atoms with E-state index in [0.717, 1.165) is 6.26 Å². The molecule has 1 aromatic rings. The second-order valence-corrected chi connectivity index (χ2v) is 9.55. The number of hydrogen-bond donors (Lipinski definition) is 1. The molecule has 0 bridgehead atoms. The number of ether oxygens (including phenoxy) is 1. The summed E-state index contributed by atoms with van der Waals surface area (Å²) in [5, 5.41) is 0.731. The third-order valence-corrected chi connectivity index (χ3v) is 5.63. The molecule has 1 heterocycles. The first-order chi connectivity index (χ1) is 11.3. The lowest BCUT2D eigenvalue weighted by Crippen LogP contribution is -2.41. The zero-order valence-corrected chi connectivity index (χ0v) is 17.2. The summed E-state index contributed by atoms with van der Waals surface area (Å²) >= 11 is 12.5. The maximum Gasteiger partial charge on any atom is 0.496 e. The van der Waals surface area contributed by atoms with E-state index in [4.69, 9.17) is 37.2 Å². The first kappa shape index (κ1) is 20.8. The van der Waals surface area contributed by atoms with Gasteiger partial charge in [-0.05, 0) is 39.8 Å². The highest BCUT2D eigenvalue weighted by Gasteiger charge is 2.52. The molecule has 0 atom stereocenters. The Morgan fingerprint density at radius 3 is 2.20 bits per heavy atom. The van der Waals surface area contributed by atoms with Crippen molar-refractivity contribution in [3.8, 4) is 5.75 Å². The number of sulfonamides is 1. The van der Waals surface area contributed by atoms with Crippen molar-refractivity contribution >= 4 is 45.8 Å². The summed E-state index contributed by atoms with van der Waals surface area (Å²) in [4.78, 5) is 0. The summed E-state index contributed by atoms with van der Waals surface area (Å²) in [5.41, 5.74) is -0.391. The smallest absolute Gasteiger partial charge is 0.491 e. The Morgan fingerprint density at radius 2 is 1.68 bits per heavy atom. The largest absolute Gasteiger partial charge is 0.496 e. The fourth-order valence-electron chi connectivity index (χ4n) is 2.19. The Bertz CT molecular complexity index is 739. The van der Waals surface area contributed by atoms with Gasteiger partial charge >= 0.3 is 7.12 Å². The molecule has 0 unspecified atom stereocenters. The van der Waals surface area contributed by atoms with Crippen LogP contribution >= 0.6 is 23.2 Å². The molecule has 0 aromatic heterocycles. The number of nitrogens with one attached hydrogen (secondary N) is 1. The molecule has 0 saturated carbocycles. The molecule has 1 fully saturated rings. The Hall–Kier alpha value is -0.505.